The quantitative estimate of drug-likeness (QED) is 0.806. The molecule has 5 heteroatoms. The molecule has 2 aromatic rings. The van der Waals surface area contributed by atoms with Crippen molar-refractivity contribution in [1.82, 2.24) is 9.78 Å². The van der Waals surface area contributed by atoms with Gasteiger partial charge in [-0.3, -0.25) is 9.48 Å². The lowest BCUT2D eigenvalue weighted by molar-refractivity contribution is 0.0990. The summed E-state index contributed by atoms with van der Waals surface area (Å²) in [4.78, 5) is 12.2. The van der Waals surface area contributed by atoms with E-state index in [0.29, 0.717) is 10.0 Å². The lowest BCUT2D eigenvalue weighted by atomic mass is 10.1. The predicted octanol–water partition coefficient (Wildman–Crippen LogP) is 3.54. The number of halogens is 2. The Morgan fingerprint density at radius 2 is 2.16 bits per heavy atom. The number of Topliss-reactive ketones (excluding diaryl/α,β-unsaturated/α-hetero) is 1. The van der Waals surface area contributed by atoms with E-state index in [1.165, 1.54) is 18.2 Å². The maximum atomic E-state index is 13.1. The third kappa shape index (κ3) is 3.10. The van der Waals surface area contributed by atoms with E-state index in [4.69, 9.17) is 0 Å². The van der Waals surface area contributed by atoms with Crippen molar-refractivity contribution in [2.24, 2.45) is 0 Å². The van der Waals surface area contributed by atoms with E-state index in [-0.39, 0.29) is 18.0 Å². The van der Waals surface area contributed by atoms with Crippen molar-refractivity contribution in [3.63, 3.8) is 0 Å². The van der Waals surface area contributed by atoms with Gasteiger partial charge in [0.05, 0.1) is 16.6 Å². The van der Waals surface area contributed by atoms with E-state index in [0.717, 1.165) is 17.9 Å². The Labute approximate surface area is 119 Å². The van der Waals surface area contributed by atoms with E-state index in [9.17, 15) is 9.18 Å². The molecule has 1 aromatic heterocycles. The van der Waals surface area contributed by atoms with Crippen LogP contribution in [0.5, 0.6) is 0 Å². The molecular weight excluding hydrogens is 311 g/mol. The first-order chi connectivity index (χ1) is 9.01. The van der Waals surface area contributed by atoms with Gasteiger partial charge in [0.1, 0.15) is 5.82 Å². The van der Waals surface area contributed by atoms with Crippen molar-refractivity contribution in [2.45, 2.75) is 26.8 Å². The summed E-state index contributed by atoms with van der Waals surface area (Å²) in [6.07, 6.45) is 0.271. The molecule has 0 spiro atoms. The summed E-state index contributed by atoms with van der Waals surface area (Å²) in [5.41, 5.74) is 2.27. The van der Waals surface area contributed by atoms with Gasteiger partial charge in [-0.2, -0.15) is 5.10 Å². The minimum Gasteiger partial charge on any atom is -0.294 e. The zero-order valence-electron chi connectivity index (χ0n) is 10.8. The van der Waals surface area contributed by atoms with Crippen molar-refractivity contribution in [3.05, 3.63) is 51.5 Å². The molecule has 0 radical (unpaired) electrons. The molecule has 0 atom stereocenters. The molecule has 0 saturated carbocycles. The molecule has 0 amide bonds. The van der Waals surface area contributed by atoms with Crippen LogP contribution in [0.3, 0.4) is 0 Å². The normalized spacial score (nSPS) is 10.7. The lowest BCUT2D eigenvalue weighted by Crippen LogP contribution is -2.09. The number of ketones is 1. The molecule has 2 rings (SSSR count). The summed E-state index contributed by atoms with van der Waals surface area (Å²) in [6, 6.07) is 6.21. The van der Waals surface area contributed by atoms with Gasteiger partial charge in [0.25, 0.3) is 0 Å². The largest absolute Gasteiger partial charge is 0.294 e. The molecule has 0 unspecified atom stereocenters. The number of benzene rings is 1. The summed E-state index contributed by atoms with van der Waals surface area (Å²) in [7, 11) is 0. The van der Waals surface area contributed by atoms with Gasteiger partial charge in [-0.15, -0.1) is 0 Å². The fraction of sp³-hybridized carbons (Fsp3) is 0.286. The number of hydrogen-bond acceptors (Lipinski definition) is 2. The summed E-state index contributed by atoms with van der Waals surface area (Å²) < 4.78 is 15.3. The van der Waals surface area contributed by atoms with Crippen molar-refractivity contribution in [2.75, 3.05) is 0 Å². The highest BCUT2D eigenvalue weighted by molar-refractivity contribution is 9.10. The number of nitrogens with zero attached hydrogens (tertiary/aromatic N) is 2. The standard InChI is InChI=1S/C14H14BrFN2O/c1-3-18-11(6-9(2)17-18)8-14(19)10-4-5-13(16)12(15)7-10/h4-7H,3,8H2,1-2H3. The molecule has 100 valence electrons. The molecular formula is C14H14BrFN2O. The fourth-order valence-electron chi connectivity index (χ4n) is 1.95. The second kappa shape index (κ2) is 5.65. The van der Waals surface area contributed by atoms with Gasteiger partial charge < -0.3 is 0 Å². The van der Waals surface area contributed by atoms with Crippen LogP contribution in [0.1, 0.15) is 28.7 Å². The van der Waals surface area contributed by atoms with E-state index in [2.05, 4.69) is 21.0 Å². The van der Waals surface area contributed by atoms with Crippen molar-refractivity contribution < 1.29 is 9.18 Å². The highest BCUT2D eigenvalue weighted by Gasteiger charge is 2.13. The average molecular weight is 325 g/mol. The number of aryl methyl sites for hydroxylation is 2. The molecule has 1 heterocycles. The van der Waals surface area contributed by atoms with Gasteiger partial charge in [-0.25, -0.2) is 4.39 Å². The van der Waals surface area contributed by atoms with Gasteiger partial charge in [-0.1, -0.05) is 0 Å². The number of hydrogen-bond donors (Lipinski definition) is 0. The number of carbonyl (C=O) groups excluding carboxylic acids is 1. The Kier molecular flexibility index (Phi) is 4.14. The fourth-order valence-corrected chi connectivity index (χ4v) is 2.33. The van der Waals surface area contributed by atoms with Crippen LogP contribution < -0.4 is 0 Å². The van der Waals surface area contributed by atoms with Crippen LogP contribution in [0.15, 0.2) is 28.7 Å². The monoisotopic (exact) mass is 324 g/mol. The number of carbonyl (C=O) groups is 1. The average Bonchev–Trinajstić information content (AvgIpc) is 2.72. The van der Waals surface area contributed by atoms with Crippen LogP contribution in [-0.4, -0.2) is 15.6 Å². The summed E-state index contributed by atoms with van der Waals surface area (Å²) in [5, 5.41) is 4.30. The highest BCUT2D eigenvalue weighted by Crippen LogP contribution is 2.18. The minimum atomic E-state index is -0.369. The van der Waals surface area contributed by atoms with Gasteiger partial charge >= 0.3 is 0 Å². The molecule has 0 saturated heterocycles. The zero-order valence-corrected chi connectivity index (χ0v) is 12.4. The highest BCUT2D eigenvalue weighted by atomic mass is 79.9. The number of aromatic nitrogens is 2. The molecule has 3 nitrogen and oxygen atoms in total. The topological polar surface area (TPSA) is 34.9 Å². The van der Waals surface area contributed by atoms with Gasteiger partial charge in [-0.05, 0) is 54.0 Å². The zero-order chi connectivity index (χ0) is 14.0. The molecule has 0 aliphatic rings. The molecule has 0 aliphatic heterocycles. The Hall–Kier alpha value is -1.49. The van der Waals surface area contributed by atoms with Crippen molar-refractivity contribution in [3.8, 4) is 0 Å². The smallest absolute Gasteiger partial charge is 0.168 e. The van der Waals surface area contributed by atoms with Crippen molar-refractivity contribution in [1.29, 1.82) is 0 Å². The van der Waals surface area contributed by atoms with E-state index in [1.54, 1.807) is 0 Å². The van der Waals surface area contributed by atoms with Crippen LogP contribution in [0, 0.1) is 12.7 Å². The lowest BCUT2D eigenvalue weighted by Gasteiger charge is -2.05. The van der Waals surface area contributed by atoms with Gasteiger partial charge in [0, 0.05) is 17.8 Å². The number of rotatable bonds is 4. The predicted molar refractivity (Wildman–Crippen MR) is 74.8 cm³/mol. The first-order valence-corrected chi connectivity index (χ1v) is 6.82. The Bertz CT molecular complexity index is 622. The Morgan fingerprint density at radius 3 is 2.79 bits per heavy atom. The van der Waals surface area contributed by atoms with Crippen LogP contribution >= 0.6 is 15.9 Å². The summed E-state index contributed by atoms with van der Waals surface area (Å²) in [5.74, 6) is -0.415. The van der Waals surface area contributed by atoms with Crippen LogP contribution in [-0.2, 0) is 13.0 Å². The first kappa shape index (κ1) is 13.9. The van der Waals surface area contributed by atoms with Crippen molar-refractivity contribution >= 4 is 21.7 Å². The third-order valence-electron chi connectivity index (χ3n) is 2.87. The van der Waals surface area contributed by atoms with Crippen LogP contribution in [0.2, 0.25) is 0 Å². The summed E-state index contributed by atoms with van der Waals surface area (Å²) in [6.45, 7) is 4.60. The third-order valence-corrected chi connectivity index (χ3v) is 3.48. The van der Waals surface area contributed by atoms with Crippen LogP contribution in [0.25, 0.3) is 0 Å². The summed E-state index contributed by atoms with van der Waals surface area (Å²) >= 11 is 3.09. The SMILES string of the molecule is CCn1nc(C)cc1CC(=O)c1ccc(F)c(Br)c1. The minimum absolute atomic E-state index is 0.0460. The molecule has 1 aromatic carbocycles. The molecule has 0 N–H and O–H groups in total. The second-order valence-corrected chi connectivity index (χ2v) is 5.18. The molecule has 0 aliphatic carbocycles. The Balaban J connectivity index is 2.22. The molecule has 0 fully saturated rings. The second-order valence-electron chi connectivity index (χ2n) is 4.32. The first-order valence-electron chi connectivity index (χ1n) is 6.03. The van der Waals surface area contributed by atoms with Gasteiger partial charge in [0.2, 0.25) is 0 Å². The van der Waals surface area contributed by atoms with E-state index < -0.39 is 0 Å². The van der Waals surface area contributed by atoms with Gasteiger partial charge in [0.15, 0.2) is 5.78 Å². The maximum absolute atomic E-state index is 13.1. The maximum Gasteiger partial charge on any atom is 0.168 e. The van der Waals surface area contributed by atoms with E-state index >= 15 is 0 Å². The van der Waals surface area contributed by atoms with Crippen LogP contribution in [0.4, 0.5) is 4.39 Å². The molecule has 0 bridgehead atoms. The molecule has 19 heavy (non-hydrogen) atoms. The Morgan fingerprint density at radius 1 is 1.42 bits per heavy atom. The van der Waals surface area contributed by atoms with E-state index in [1.807, 2.05) is 24.6 Å².